The minimum atomic E-state index is -0.432. The van der Waals surface area contributed by atoms with E-state index in [1.54, 1.807) is 31.5 Å². The van der Waals surface area contributed by atoms with Crippen LogP contribution in [-0.2, 0) is 6.42 Å². The van der Waals surface area contributed by atoms with Gasteiger partial charge in [0.2, 0.25) is 0 Å². The van der Waals surface area contributed by atoms with Crippen LogP contribution in [0.25, 0.3) is 11.1 Å². The number of hydrogen-bond donors (Lipinski definition) is 0. The molecule has 1 unspecified atom stereocenters. The molecule has 0 aliphatic heterocycles. The van der Waals surface area contributed by atoms with Crippen LogP contribution in [0, 0.1) is 10.1 Å². The second-order valence-corrected chi connectivity index (χ2v) is 6.79. The average Bonchev–Trinajstić information content (AvgIpc) is 2.73. The van der Waals surface area contributed by atoms with E-state index in [2.05, 4.69) is 4.98 Å². The summed E-state index contributed by atoms with van der Waals surface area (Å²) >= 11 is 0. The van der Waals surface area contributed by atoms with E-state index < -0.39 is 4.92 Å². The number of rotatable bonds is 4. The van der Waals surface area contributed by atoms with Gasteiger partial charge >= 0.3 is 0 Å². The number of Topliss-reactive ketones (excluding diaryl/α,β-unsaturated/α-hetero) is 1. The molecule has 4 rings (SSSR count). The summed E-state index contributed by atoms with van der Waals surface area (Å²) in [6.45, 7) is 0. The number of ketones is 1. The molecule has 1 atom stereocenters. The number of nitrogens with zero attached hydrogens (tertiary/aromatic N) is 2. The van der Waals surface area contributed by atoms with E-state index in [1.807, 2.05) is 24.3 Å². The molecule has 1 aliphatic carbocycles. The number of carbonyl (C=O) groups is 1. The van der Waals surface area contributed by atoms with Crippen molar-refractivity contribution in [2.75, 3.05) is 7.11 Å². The van der Waals surface area contributed by atoms with Crippen molar-refractivity contribution in [3.8, 4) is 16.9 Å². The fourth-order valence-corrected chi connectivity index (χ4v) is 3.74. The lowest BCUT2D eigenvalue weighted by Gasteiger charge is -2.25. The largest absolute Gasteiger partial charge is 0.497 e. The number of hydrogen-bond acceptors (Lipinski definition) is 5. The van der Waals surface area contributed by atoms with Crippen molar-refractivity contribution in [2.24, 2.45) is 0 Å². The van der Waals surface area contributed by atoms with Gasteiger partial charge in [-0.05, 0) is 47.2 Å². The summed E-state index contributed by atoms with van der Waals surface area (Å²) in [5.41, 5.74) is 3.74. The zero-order chi connectivity index (χ0) is 19.7. The molecule has 0 N–H and O–H groups in total. The number of fused-ring (bicyclic) bond motifs is 1. The Hall–Kier alpha value is -3.54. The average molecular weight is 374 g/mol. The summed E-state index contributed by atoms with van der Waals surface area (Å²) in [5, 5.41) is 11.1. The number of carbonyl (C=O) groups excluding carboxylic acids is 1. The first-order chi connectivity index (χ1) is 13.6. The summed E-state index contributed by atoms with van der Waals surface area (Å²) in [7, 11) is 1.62. The van der Waals surface area contributed by atoms with Gasteiger partial charge in [-0.25, -0.2) is 0 Å². The molecule has 140 valence electrons. The smallest absolute Gasteiger partial charge is 0.270 e. The summed E-state index contributed by atoms with van der Waals surface area (Å²) in [4.78, 5) is 28.1. The number of nitro groups is 1. The Morgan fingerprint density at radius 3 is 2.61 bits per heavy atom. The molecule has 0 fully saturated rings. The fraction of sp³-hybridized carbons (Fsp3) is 0.182. The Bertz CT molecular complexity index is 1060. The van der Waals surface area contributed by atoms with Crippen LogP contribution in [0.3, 0.4) is 0 Å². The van der Waals surface area contributed by atoms with Crippen LogP contribution in [0.4, 0.5) is 5.69 Å². The van der Waals surface area contributed by atoms with Gasteiger partial charge < -0.3 is 4.74 Å². The molecule has 0 saturated carbocycles. The highest BCUT2D eigenvalue weighted by molar-refractivity contribution is 6.04. The van der Waals surface area contributed by atoms with Gasteiger partial charge in [-0.3, -0.25) is 19.9 Å². The maximum absolute atomic E-state index is 13.0. The Labute approximate surface area is 162 Å². The lowest BCUT2D eigenvalue weighted by atomic mass is 9.79. The molecule has 6 nitrogen and oxygen atoms in total. The molecule has 28 heavy (non-hydrogen) atoms. The van der Waals surface area contributed by atoms with Gasteiger partial charge in [0.15, 0.2) is 5.78 Å². The number of methoxy groups -OCH3 is 1. The zero-order valence-electron chi connectivity index (χ0n) is 15.3. The summed E-state index contributed by atoms with van der Waals surface area (Å²) in [6, 6.07) is 15.8. The second kappa shape index (κ2) is 7.23. The van der Waals surface area contributed by atoms with E-state index in [4.69, 9.17) is 4.74 Å². The maximum atomic E-state index is 13.0. The molecular weight excluding hydrogens is 356 g/mol. The van der Waals surface area contributed by atoms with Crippen molar-refractivity contribution >= 4 is 11.5 Å². The number of pyridine rings is 1. The Kier molecular flexibility index (Phi) is 4.61. The molecule has 0 saturated heterocycles. The van der Waals surface area contributed by atoms with Gasteiger partial charge in [-0.15, -0.1) is 0 Å². The van der Waals surface area contributed by atoms with Gasteiger partial charge in [0.1, 0.15) is 5.75 Å². The lowest BCUT2D eigenvalue weighted by molar-refractivity contribution is -0.384. The van der Waals surface area contributed by atoms with Crippen LogP contribution in [0.1, 0.15) is 34.0 Å². The van der Waals surface area contributed by atoms with Crippen molar-refractivity contribution in [3.05, 3.63) is 87.7 Å². The van der Waals surface area contributed by atoms with Crippen LogP contribution < -0.4 is 4.74 Å². The SMILES string of the molecule is COc1ccc(C2CC(=O)c3c(-c4cccc([N+](=O)[O-])c4)ccnc3C2)cc1. The van der Waals surface area contributed by atoms with Crippen LogP contribution in [0.5, 0.6) is 5.75 Å². The van der Waals surface area contributed by atoms with Crippen molar-refractivity contribution in [1.82, 2.24) is 4.98 Å². The van der Waals surface area contributed by atoms with E-state index in [-0.39, 0.29) is 17.4 Å². The standard InChI is InChI=1S/C22H18N2O4/c1-28-18-7-5-14(6-8-18)16-12-20-22(21(25)13-16)19(9-10-23-20)15-3-2-4-17(11-15)24(26)27/h2-11,16H,12-13H2,1H3. The molecule has 0 bridgehead atoms. The third-order valence-electron chi connectivity index (χ3n) is 5.14. The van der Waals surface area contributed by atoms with E-state index in [1.165, 1.54) is 12.1 Å². The van der Waals surface area contributed by atoms with Crippen molar-refractivity contribution < 1.29 is 14.5 Å². The highest BCUT2D eigenvalue weighted by atomic mass is 16.6. The second-order valence-electron chi connectivity index (χ2n) is 6.79. The minimum absolute atomic E-state index is 0.00225. The van der Waals surface area contributed by atoms with Gasteiger partial charge in [-0.1, -0.05) is 24.3 Å². The maximum Gasteiger partial charge on any atom is 0.270 e. The summed E-state index contributed by atoms with van der Waals surface area (Å²) in [5.74, 6) is 0.841. The molecule has 6 heteroatoms. The highest BCUT2D eigenvalue weighted by Gasteiger charge is 2.30. The van der Waals surface area contributed by atoms with Crippen LogP contribution in [-0.4, -0.2) is 22.8 Å². The van der Waals surface area contributed by atoms with Crippen molar-refractivity contribution in [1.29, 1.82) is 0 Å². The minimum Gasteiger partial charge on any atom is -0.497 e. The lowest BCUT2D eigenvalue weighted by Crippen LogP contribution is -2.21. The monoisotopic (exact) mass is 374 g/mol. The van der Waals surface area contributed by atoms with Crippen molar-refractivity contribution in [3.63, 3.8) is 0 Å². The van der Waals surface area contributed by atoms with Crippen LogP contribution in [0.2, 0.25) is 0 Å². The predicted molar refractivity (Wildman–Crippen MR) is 105 cm³/mol. The topological polar surface area (TPSA) is 82.3 Å². The van der Waals surface area contributed by atoms with Crippen LogP contribution in [0.15, 0.2) is 60.8 Å². The molecule has 3 aromatic rings. The molecular formula is C22H18N2O4. The molecule has 1 aromatic heterocycles. The molecule has 0 radical (unpaired) electrons. The Balaban J connectivity index is 1.72. The van der Waals surface area contributed by atoms with E-state index >= 15 is 0 Å². The predicted octanol–water partition coefficient (Wildman–Crippen LogP) is 4.58. The van der Waals surface area contributed by atoms with E-state index in [0.29, 0.717) is 29.5 Å². The number of nitro benzene ring substituents is 1. The highest BCUT2D eigenvalue weighted by Crippen LogP contribution is 2.37. The first kappa shape index (κ1) is 17.9. The number of benzene rings is 2. The molecule has 1 heterocycles. The van der Waals surface area contributed by atoms with Crippen molar-refractivity contribution in [2.45, 2.75) is 18.8 Å². The van der Waals surface area contributed by atoms with Gasteiger partial charge in [-0.2, -0.15) is 0 Å². The van der Waals surface area contributed by atoms with E-state index in [9.17, 15) is 14.9 Å². The third-order valence-corrected chi connectivity index (χ3v) is 5.14. The quantitative estimate of drug-likeness (QED) is 0.493. The first-order valence-corrected chi connectivity index (χ1v) is 8.96. The number of non-ortho nitro benzene ring substituents is 1. The normalized spacial score (nSPS) is 15.8. The first-order valence-electron chi connectivity index (χ1n) is 8.96. The Morgan fingerprint density at radius 1 is 1.11 bits per heavy atom. The van der Waals surface area contributed by atoms with E-state index in [0.717, 1.165) is 17.0 Å². The summed E-state index contributed by atoms with van der Waals surface area (Å²) < 4.78 is 5.20. The fourth-order valence-electron chi connectivity index (χ4n) is 3.74. The van der Waals surface area contributed by atoms with Gasteiger partial charge in [0, 0.05) is 30.3 Å². The third kappa shape index (κ3) is 3.24. The number of ether oxygens (including phenoxy) is 1. The molecule has 0 spiro atoms. The summed E-state index contributed by atoms with van der Waals surface area (Å²) in [6.07, 6.45) is 2.69. The van der Waals surface area contributed by atoms with Gasteiger partial charge in [0.25, 0.3) is 5.69 Å². The zero-order valence-corrected chi connectivity index (χ0v) is 15.3. The van der Waals surface area contributed by atoms with Crippen LogP contribution >= 0.6 is 0 Å². The van der Waals surface area contributed by atoms with Gasteiger partial charge in [0.05, 0.1) is 17.7 Å². The number of aromatic nitrogens is 1. The molecule has 1 aliphatic rings. The molecule has 0 amide bonds. The Morgan fingerprint density at radius 2 is 1.89 bits per heavy atom. The molecule has 2 aromatic carbocycles.